The monoisotopic (exact) mass is 215 g/mol. The molecule has 0 aromatic carbocycles. The minimum atomic E-state index is 0.298. The summed E-state index contributed by atoms with van der Waals surface area (Å²) < 4.78 is 3.89. The fraction of sp³-hybridized carbons (Fsp3) is 0.500. The molecule has 0 aliphatic rings. The number of nitrogens with zero attached hydrogens (tertiary/aromatic N) is 2. The smallest absolute Gasteiger partial charge is 0.162 e. The molecule has 0 aliphatic carbocycles. The fourth-order valence-electron chi connectivity index (χ4n) is 0.867. The van der Waals surface area contributed by atoms with Gasteiger partial charge in [-0.1, -0.05) is 24.9 Å². The molecule has 3 nitrogen and oxygen atoms in total. The minimum absolute atomic E-state index is 0.298. The number of rotatable bonds is 4. The summed E-state index contributed by atoms with van der Waals surface area (Å²) in [4.78, 5) is 0. The standard InChI is InChI=1S/C8H10ClN3S/c1-2-3-4-11-8-6(5-10)7(9)12-13-8/h11H,2-4H2,1H3. The summed E-state index contributed by atoms with van der Waals surface area (Å²) in [5.41, 5.74) is 0.461. The first-order valence-electron chi connectivity index (χ1n) is 4.08. The van der Waals surface area contributed by atoms with E-state index in [0.29, 0.717) is 10.7 Å². The van der Waals surface area contributed by atoms with Crippen LogP contribution in [0.1, 0.15) is 25.3 Å². The lowest BCUT2D eigenvalue weighted by Gasteiger charge is -2.00. The van der Waals surface area contributed by atoms with Crippen LogP contribution >= 0.6 is 23.1 Å². The van der Waals surface area contributed by atoms with Crippen LogP contribution in [0.2, 0.25) is 5.15 Å². The third kappa shape index (κ3) is 2.58. The molecule has 0 saturated heterocycles. The van der Waals surface area contributed by atoms with Gasteiger partial charge < -0.3 is 5.32 Å². The molecule has 0 fully saturated rings. The maximum Gasteiger partial charge on any atom is 0.162 e. The third-order valence-corrected chi connectivity index (χ3v) is 2.76. The van der Waals surface area contributed by atoms with Gasteiger partial charge in [0.05, 0.1) is 0 Å². The van der Waals surface area contributed by atoms with Crippen LogP contribution in [0.5, 0.6) is 0 Å². The number of halogens is 1. The molecule has 0 saturated carbocycles. The second-order valence-electron chi connectivity index (χ2n) is 2.57. The number of hydrogen-bond donors (Lipinski definition) is 1. The van der Waals surface area contributed by atoms with Crippen LogP contribution in [-0.4, -0.2) is 10.9 Å². The predicted molar refractivity (Wildman–Crippen MR) is 55.2 cm³/mol. The van der Waals surface area contributed by atoms with Crippen molar-refractivity contribution in [2.24, 2.45) is 0 Å². The van der Waals surface area contributed by atoms with Crippen molar-refractivity contribution >= 4 is 28.1 Å². The summed E-state index contributed by atoms with van der Waals surface area (Å²) in [6.45, 7) is 2.98. The fourth-order valence-corrected chi connectivity index (χ4v) is 1.83. The Morgan fingerprint density at radius 3 is 3.08 bits per heavy atom. The molecule has 0 amide bonds. The number of aromatic nitrogens is 1. The van der Waals surface area contributed by atoms with E-state index in [2.05, 4.69) is 16.6 Å². The molecule has 0 bridgehead atoms. The highest BCUT2D eigenvalue weighted by molar-refractivity contribution is 7.10. The molecule has 70 valence electrons. The molecular formula is C8H10ClN3S. The third-order valence-electron chi connectivity index (χ3n) is 1.58. The van der Waals surface area contributed by atoms with Crippen LogP contribution in [0, 0.1) is 11.3 Å². The molecule has 1 heterocycles. The Labute approximate surface area is 86.5 Å². The summed E-state index contributed by atoms with van der Waals surface area (Å²) in [6.07, 6.45) is 2.21. The van der Waals surface area contributed by atoms with Crippen LogP contribution in [0.15, 0.2) is 0 Å². The summed E-state index contributed by atoms with van der Waals surface area (Å²) in [7, 11) is 0. The predicted octanol–water partition coefficient (Wildman–Crippen LogP) is 2.88. The SMILES string of the molecule is CCCCNc1snc(Cl)c1C#N. The highest BCUT2D eigenvalue weighted by atomic mass is 35.5. The normalized spacial score (nSPS) is 9.62. The lowest BCUT2D eigenvalue weighted by Crippen LogP contribution is -1.99. The van der Waals surface area contributed by atoms with E-state index in [-0.39, 0.29) is 0 Å². The number of hydrogen-bond acceptors (Lipinski definition) is 4. The minimum Gasteiger partial charge on any atom is -0.375 e. The summed E-state index contributed by atoms with van der Waals surface area (Å²) in [5.74, 6) is 0. The van der Waals surface area contributed by atoms with Crippen LogP contribution < -0.4 is 5.32 Å². The van der Waals surface area contributed by atoms with Gasteiger partial charge in [-0.15, -0.1) is 0 Å². The highest BCUT2D eigenvalue weighted by Gasteiger charge is 2.10. The first-order valence-corrected chi connectivity index (χ1v) is 5.23. The molecule has 0 aliphatic heterocycles. The van der Waals surface area contributed by atoms with E-state index in [0.717, 1.165) is 24.4 Å². The molecule has 0 unspecified atom stereocenters. The van der Waals surface area contributed by atoms with Gasteiger partial charge in [0.25, 0.3) is 0 Å². The van der Waals surface area contributed by atoms with Gasteiger partial charge in [0.15, 0.2) is 5.15 Å². The largest absolute Gasteiger partial charge is 0.375 e. The maximum absolute atomic E-state index is 8.74. The van der Waals surface area contributed by atoms with Gasteiger partial charge in [-0.2, -0.15) is 9.64 Å². The van der Waals surface area contributed by atoms with Gasteiger partial charge in [-0.25, -0.2) is 0 Å². The van der Waals surface area contributed by atoms with Crippen LogP contribution in [-0.2, 0) is 0 Å². The maximum atomic E-state index is 8.74. The molecule has 13 heavy (non-hydrogen) atoms. The molecule has 0 spiro atoms. The quantitative estimate of drug-likeness (QED) is 0.786. The zero-order chi connectivity index (χ0) is 9.68. The molecule has 0 atom stereocenters. The molecule has 1 aromatic rings. The van der Waals surface area contributed by atoms with Crippen molar-refractivity contribution in [3.63, 3.8) is 0 Å². The van der Waals surface area contributed by atoms with E-state index in [9.17, 15) is 0 Å². The number of nitriles is 1. The van der Waals surface area contributed by atoms with E-state index in [4.69, 9.17) is 16.9 Å². The zero-order valence-electron chi connectivity index (χ0n) is 7.30. The second kappa shape index (κ2) is 5.05. The lowest BCUT2D eigenvalue weighted by atomic mass is 10.3. The Kier molecular flexibility index (Phi) is 4.00. The van der Waals surface area contributed by atoms with Gasteiger partial charge in [-0.05, 0) is 18.0 Å². The first-order chi connectivity index (χ1) is 6.29. The zero-order valence-corrected chi connectivity index (χ0v) is 8.87. The number of unbranched alkanes of at least 4 members (excludes halogenated alkanes) is 1. The van der Waals surface area contributed by atoms with E-state index >= 15 is 0 Å². The van der Waals surface area contributed by atoms with Crippen LogP contribution in [0.4, 0.5) is 5.00 Å². The summed E-state index contributed by atoms with van der Waals surface area (Å²) in [6, 6.07) is 2.02. The van der Waals surface area contributed by atoms with Crippen LogP contribution in [0.3, 0.4) is 0 Å². The average molecular weight is 216 g/mol. The van der Waals surface area contributed by atoms with Crippen molar-refractivity contribution in [2.75, 3.05) is 11.9 Å². The van der Waals surface area contributed by atoms with E-state index in [1.807, 2.05) is 6.07 Å². The Morgan fingerprint density at radius 1 is 1.69 bits per heavy atom. The molecule has 1 rings (SSSR count). The van der Waals surface area contributed by atoms with Gasteiger partial charge in [0.2, 0.25) is 0 Å². The Balaban J connectivity index is 2.62. The lowest BCUT2D eigenvalue weighted by molar-refractivity contribution is 0.836. The molecule has 0 radical (unpaired) electrons. The summed E-state index contributed by atoms with van der Waals surface area (Å²) in [5, 5.41) is 12.9. The molecule has 1 N–H and O–H groups in total. The highest BCUT2D eigenvalue weighted by Crippen LogP contribution is 2.27. The average Bonchev–Trinajstić information content (AvgIpc) is 2.47. The molecule has 1 aromatic heterocycles. The van der Waals surface area contributed by atoms with Gasteiger partial charge in [0, 0.05) is 6.54 Å². The van der Waals surface area contributed by atoms with Crippen molar-refractivity contribution < 1.29 is 0 Å². The van der Waals surface area contributed by atoms with Crippen molar-refractivity contribution in [1.82, 2.24) is 4.37 Å². The van der Waals surface area contributed by atoms with Crippen molar-refractivity contribution in [1.29, 1.82) is 5.26 Å². The van der Waals surface area contributed by atoms with Crippen molar-refractivity contribution in [3.8, 4) is 6.07 Å². The molecule has 5 heteroatoms. The Hall–Kier alpha value is -0.790. The van der Waals surface area contributed by atoms with E-state index in [1.165, 1.54) is 11.5 Å². The molecular weight excluding hydrogens is 206 g/mol. The van der Waals surface area contributed by atoms with Gasteiger partial charge >= 0.3 is 0 Å². The van der Waals surface area contributed by atoms with Gasteiger partial charge in [-0.3, -0.25) is 0 Å². The van der Waals surface area contributed by atoms with E-state index in [1.54, 1.807) is 0 Å². The number of anilines is 1. The van der Waals surface area contributed by atoms with Crippen LogP contribution in [0.25, 0.3) is 0 Å². The van der Waals surface area contributed by atoms with Crippen molar-refractivity contribution in [2.45, 2.75) is 19.8 Å². The van der Waals surface area contributed by atoms with Gasteiger partial charge in [0.1, 0.15) is 16.6 Å². The summed E-state index contributed by atoms with van der Waals surface area (Å²) >= 11 is 6.93. The van der Waals surface area contributed by atoms with E-state index < -0.39 is 0 Å². The Bertz CT molecular complexity index is 316. The topological polar surface area (TPSA) is 48.7 Å². The first kappa shape index (κ1) is 10.3. The van der Waals surface area contributed by atoms with Crippen molar-refractivity contribution in [3.05, 3.63) is 10.7 Å². The second-order valence-corrected chi connectivity index (χ2v) is 3.70. The number of nitrogens with one attached hydrogen (secondary N) is 1. The Morgan fingerprint density at radius 2 is 2.46 bits per heavy atom.